The Morgan fingerprint density at radius 2 is 1.69 bits per heavy atom. The van der Waals surface area contributed by atoms with E-state index < -0.39 is 22.5 Å². The number of nitrogens with one attached hydrogen (secondary N) is 1. The molecule has 1 N–H and O–H groups in total. The summed E-state index contributed by atoms with van der Waals surface area (Å²) in [5, 5.41) is 3.13. The summed E-state index contributed by atoms with van der Waals surface area (Å²) in [5.41, 5.74) is 1.47. The van der Waals surface area contributed by atoms with Crippen LogP contribution in [0.4, 0.5) is 11.4 Å². The number of methoxy groups -OCH3 is 2. The minimum absolute atomic E-state index is 0.0249. The van der Waals surface area contributed by atoms with E-state index in [1.54, 1.807) is 49.4 Å². The maximum absolute atomic E-state index is 13.5. The predicted molar refractivity (Wildman–Crippen MR) is 125 cm³/mol. The smallest absolute Gasteiger partial charge is 0.264 e. The van der Waals surface area contributed by atoms with E-state index >= 15 is 0 Å². The molecule has 0 heterocycles. The summed E-state index contributed by atoms with van der Waals surface area (Å²) < 4.78 is 38.5. The molecule has 7 nitrogen and oxygen atoms in total. The molecule has 9 heteroatoms. The second-order valence-electron chi connectivity index (χ2n) is 6.87. The van der Waals surface area contributed by atoms with E-state index in [9.17, 15) is 13.2 Å². The van der Waals surface area contributed by atoms with Gasteiger partial charge in [-0.25, -0.2) is 8.42 Å². The fourth-order valence-corrected chi connectivity index (χ4v) is 4.72. The lowest BCUT2D eigenvalue weighted by Gasteiger charge is -2.25. The van der Waals surface area contributed by atoms with Crippen molar-refractivity contribution in [2.75, 3.05) is 30.4 Å². The van der Waals surface area contributed by atoms with Crippen molar-refractivity contribution in [3.63, 3.8) is 0 Å². The van der Waals surface area contributed by atoms with Gasteiger partial charge in [-0.3, -0.25) is 9.10 Å². The number of nitrogens with zero attached hydrogens (tertiary/aromatic N) is 1. The van der Waals surface area contributed by atoms with Crippen molar-refractivity contribution in [2.24, 2.45) is 0 Å². The van der Waals surface area contributed by atoms with Gasteiger partial charge < -0.3 is 14.8 Å². The average Bonchev–Trinajstić information content (AvgIpc) is 2.78. The van der Waals surface area contributed by atoms with Crippen molar-refractivity contribution in [1.29, 1.82) is 0 Å². The third kappa shape index (κ3) is 5.15. The molecular weight excluding hydrogens is 452 g/mol. The number of rotatable bonds is 8. The normalized spacial score (nSPS) is 11.0. The van der Waals surface area contributed by atoms with Crippen LogP contribution in [0.3, 0.4) is 0 Å². The summed E-state index contributed by atoms with van der Waals surface area (Å²) in [7, 11) is -1.07. The van der Waals surface area contributed by atoms with Crippen molar-refractivity contribution < 1.29 is 22.7 Å². The summed E-state index contributed by atoms with van der Waals surface area (Å²) in [5.74, 6) is 0.394. The number of ether oxygens (including phenoxy) is 2. The van der Waals surface area contributed by atoms with E-state index in [4.69, 9.17) is 21.1 Å². The number of amides is 1. The van der Waals surface area contributed by atoms with Crippen LogP contribution in [0.25, 0.3) is 0 Å². The van der Waals surface area contributed by atoms with E-state index in [-0.39, 0.29) is 4.90 Å². The molecule has 0 aliphatic rings. The highest BCUT2D eigenvalue weighted by molar-refractivity contribution is 7.92. The van der Waals surface area contributed by atoms with Crippen molar-refractivity contribution in [2.45, 2.75) is 11.8 Å². The molecule has 0 radical (unpaired) electrons. The fourth-order valence-electron chi connectivity index (χ4n) is 3.11. The molecule has 0 spiro atoms. The molecule has 0 atom stereocenters. The quantitative estimate of drug-likeness (QED) is 0.519. The van der Waals surface area contributed by atoms with Gasteiger partial charge in [-0.15, -0.1) is 0 Å². The van der Waals surface area contributed by atoms with Crippen LogP contribution in [-0.4, -0.2) is 35.1 Å². The molecule has 0 saturated carbocycles. The topological polar surface area (TPSA) is 84.9 Å². The van der Waals surface area contributed by atoms with Crippen molar-refractivity contribution in [1.82, 2.24) is 0 Å². The van der Waals surface area contributed by atoms with Crippen LogP contribution in [0.2, 0.25) is 5.02 Å². The lowest BCUT2D eigenvalue weighted by atomic mass is 10.2. The first-order valence-electron chi connectivity index (χ1n) is 9.62. The van der Waals surface area contributed by atoms with Gasteiger partial charge in [0.15, 0.2) is 0 Å². The van der Waals surface area contributed by atoms with Crippen LogP contribution >= 0.6 is 11.6 Å². The van der Waals surface area contributed by atoms with Crippen molar-refractivity contribution in [3.05, 3.63) is 77.3 Å². The van der Waals surface area contributed by atoms with Crippen LogP contribution in [-0.2, 0) is 14.8 Å². The molecule has 0 aliphatic carbocycles. The van der Waals surface area contributed by atoms with E-state index in [1.807, 2.05) is 0 Å². The number of para-hydroxylation sites is 1. The zero-order valence-electron chi connectivity index (χ0n) is 17.8. The molecule has 0 unspecified atom stereocenters. The number of carbonyl (C=O) groups excluding carboxylic acids is 1. The second-order valence-corrected chi connectivity index (χ2v) is 9.17. The highest BCUT2D eigenvalue weighted by Crippen LogP contribution is 2.30. The van der Waals surface area contributed by atoms with Gasteiger partial charge in [0, 0.05) is 11.1 Å². The first-order valence-corrected chi connectivity index (χ1v) is 11.4. The minimum atomic E-state index is -4.05. The van der Waals surface area contributed by atoms with Gasteiger partial charge in [-0.1, -0.05) is 29.8 Å². The van der Waals surface area contributed by atoms with E-state index in [2.05, 4.69) is 5.32 Å². The predicted octanol–water partition coefficient (Wildman–Crippen LogP) is 4.50. The van der Waals surface area contributed by atoms with Crippen molar-refractivity contribution >= 4 is 38.9 Å². The Morgan fingerprint density at radius 3 is 2.31 bits per heavy atom. The van der Waals surface area contributed by atoms with Crippen LogP contribution in [0.1, 0.15) is 5.56 Å². The summed E-state index contributed by atoms with van der Waals surface area (Å²) in [6.07, 6.45) is 0. The molecule has 0 aromatic heterocycles. The van der Waals surface area contributed by atoms with E-state index in [0.29, 0.717) is 33.5 Å². The van der Waals surface area contributed by atoms with E-state index in [1.165, 1.54) is 38.5 Å². The number of aryl methyl sites for hydroxylation is 1. The second kappa shape index (κ2) is 9.93. The monoisotopic (exact) mass is 474 g/mol. The lowest BCUT2D eigenvalue weighted by molar-refractivity contribution is -0.114. The Morgan fingerprint density at radius 1 is 1.00 bits per heavy atom. The third-order valence-corrected chi connectivity index (χ3v) is 6.78. The molecule has 3 aromatic rings. The molecule has 32 heavy (non-hydrogen) atoms. The first-order chi connectivity index (χ1) is 15.3. The van der Waals surface area contributed by atoms with Crippen LogP contribution < -0.4 is 19.1 Å². The Labute approximate surface area is 192 Å². The number of sulfonamides is 1. The molecule has 0 bridgehead atoms. The van der Waals surface area contributed by atoms with Gasteiger partial charge in [0.2, 0.25) is 5.91 Å². The first kappa shape index (κ1) is 23.4. The zero-order chi connectivity index (χ0) is 23.3. The number of benzene rings is 3. The molecule has 0 aliphatic heterocycles. The maximum atomic E-state index is 13.5. The van der Waals surface area contributed by atoms with Gasteiger partial charge in [0.05, 0.1) is 30.5 Å². The SMILES string of the molecule is COc1ccc(OC)c(NC(=O)CN(c2ccccc2C)S(=O)(=O)c2ccc(Cl)cc2)c1. The van der Waals surface area contributed by atoms with Crippen LogP contribution in [0.5, 0.6) is 11.5 Å². The largest absolute Gasteiger partial charge is 0.497 e. The summed E-state index contributed by atoms with van der Waals surface area (Å²) in [6.45, 7) is 1.33. The Hall–Kier alpha value is -3.23. The summed E-state index contributed by atoms with van der Waals surface area (Å²) >= 11 is 5.92. The Bertz CT molecular complexity index is 1210. The maximum Gasteiger partial charge on any atom is 0.264 e. The van der Waals surface area contributed by atoms with Crippen LogP contribution in [0.15, 0.2) is 71.6 Å². The number of halogens is 1. The molecular formula is C23H23ClN2O5S. The summed E-state index contributed by atoms with van der Waals surface area (Å²) in [4.78, 5) is 13.0. The highest BCUT2D eigenvalue weighted by Gasteiger charge is 2.28. The molecule has 3 aromatic carbocycles. The number of hydrogen-bond donors (Lipinski definition) is 1. The molecule has 168 valence electrons. The minimum Gasteiger partial charge on any atom is -0.497 e. The summed E-state index contributed by atoms with van der Waals surface area (Å²) in [6, 6.07) is 17.7. The standard InChI is InChI=1S/C23H23ClN2O5S/c1-16-6-4-5-7-21(16)26(32(28,29)19-11-8-17(24)9-12-19)15-23(27)25-20-14-18(30-2)10-13-22(20)31-3/h4-14H,15H2,1-3H3,(H,25,27). The molecule has 0 fully saturated rings. The van der Waals surface area contributed by atoms with Gasteiger partial charge in [0.25, 0.3) is 10.0 Å². The number of anilines is 2. The van der Waals surface area contributed by atoms with Crippen molar-refractivity contribution in [3.8, 4) is 11.5 Å². The average molecular weight is 475 g/mol. The van der Waals surface area contributed by atoms with Crippen LogP contribution in [0, 0.1) is 6.92 Å². The fraction of sp³-hybridized carbons (Fsp3) is 0.174. The molecule has 3 rings (SSSR count). The van der Waals surface area contributed by atoms with Gasteiger partial charge in [-0.2, -0.15) is 0 Å². The lowest BCUT2D eigenvalue weighted by Crippen LogP contribution is -2.38. The van der Waals surface area contributed by atoms with Gasteiger partial charge in [0.1, 0.15) is 18.0 Å². The number of carbonyl (C=O) groups is 1. The highest BCUT2D eigenvalue weighted by atomic mass is 35.5. The Balaban J connectivity index is 1.98. The van der Waals surface area contributed by atoms with E-state index in [0.717, 1.165) is 4.31 Å². The Kier molecular flexibility index (Phi) is 7.27. The zero-order valence-corrected chi connectivity index (χ0v) is 19.4. The van der Waals surface area contributed by atoms with Gasteiger partial charge in [-0.05, 0) is 55.0 Å². The van der Waals surface area contributed by atoms with Gasteiger partial charge >= 0.3 is 0 Å². The molecule has 0 saturated heterocycles. The molecule has 1 amide bonds. The third-order valence-electron chi connectivity index (χ3n) is 4.75. The number of hydrogen-bond acceptors (Lipinski definition) is 5.